The molecular formula is C50H60IrNO2S-. The van der Waals surface area contributed by atoms with Gasteiger partial charge < -0.3 is 5.11 Å². The van der Waals surface area contributed by atoms with Gasteiger partial charge in [0, 0.05) is 70.1 Å². The Morgan fingerprint density at radius 1 is 0.836 bits per heavy atom. The minimum Gasteiger partial charge on any atom is -0.512 e. The van der Waals surface area contributed by atoms with E-state index in [1.54, 1.807) is 5.56 Å². The van der Waals surface area contributed by atoms with Crippen LogP contribution in [0.4, 0.5) is 0 Å². The van der Waals surface area contributed by atoms with E-state index in [-0.39, 0.29) is 59.7 Å². The molecule has 0 saturated carbocycles. The van der Waals surface area contributed by atoms with E-state index in [4.69, 9.17) is 4.98 Å². The number of hydrogen-bond donors (Lipinski definition) is 1. The molecule has 1 aliphatic rings. The van der Waals surface area contributed by atoms with Gasteiger partial charge in [0.25, 0.3) is 0 Å². The maximum absolute atomic E-state index is 11.7. The summed E-state index contributed by atoms with van der Waals surface area (Å²) in [7, 11) is 0. The molecule has 0 atom stereocenters. The molecule has 3 nitrogen and oxygen atoms in total. The number of carbonyl (C=O) groups is 1. The standard InChI is InChI=1S/C37H36NS.C13H24O2.Ir/c1-35(2,3)30-19-24(18-22-10-8-9-11-25(22)30)33-27-21-28-26-12-13-29-32(37(6,7)16-15-36(29,4)5)34(26)39-31(28)20-23(27)14-17-38-33;1-5-10(6-2)12(14)9-13(15)11(7-3)8-4;/h8-14,17,19-21H,15-16H2,1-7H3;9-11,14H,5-8H2,1-4H3;/q-1;;/b;12-9-;. The Labute approximate surface area is 347 Å². The molecule has 1 radical (unpaired) electrons. The van der Waals surface area contributed by atoms with Crippen molar-refractivity contribution >= 4 is 58.8 Å². The smallest absolute Gasteiger partial charge is 0.162 e. The molecule has 7 rings (SSSR count). The summed E-state index contributed by atoms with van der Waals surface area (Å²) in [5.41, 5.74) is 6.94. The summed E-state index contributed by atoms with van der Waals surface area (Å²) >= 11 is 1.98. The predicted molar refractivity (Wildman–Crippen MR) is 234 cm³/mol. The zero-order valence-electron chi connectivity index (χ0n) is 34.9. The Bertz CT molecular complexity index is 2370. The van der Waals surface area contributed by atoms with Crippen molar-refractivity contribution in [3.8, 4) is 11.3 Å². The summed E-state index contributed by atoms with van der Waals surface area (Å²) in [6, 6.07) is 26.4. The first-order chi connectivity index (χ1) is 25.5. The maximum atomic E-state index is 11.7. The number of aliphatic hydroxyl groups excluding tert-OH is 1. The summed E-state index contributed by atoms with van der Waals surface area (Å²) < 4.78 is 2.83. The number of carbonyl (C=O) groups excluding carboxylic acids is 1. The Balaban J connectivity index is 0.000000311. The molecule has 1 N–H and O–H groups in total. The van der Waals surface area contributed by atoms with Crippen molar-refractivity contribution < 1.29 is 30.0 Å². The van der Waals surface area contributed by atoms with E-state index in [0.29, 0.717) is 0 Å². The Hall–Kier alpha value is -3.37. The average molecular weight is 931 g/mol. The average Bonchev–Trinajstić information content (AvgIpc) is 3.50. The van der Waals surface area contributed by atoms with Crippen molar-refractivity contribution in [2.24, 2.45) is 11.8 Å². The second kappa shape index (κ2) is 16.6. The van der Waals surface area contributed by atoms with E-state index >= 15 is 0 Å². The van der Waals surface area contributed by atoms with Crippen LogP contribution in [-0.2, 0) is 41.1 Å². The van der Waals surface area contributed by atoms with Crippen LogP contribution in [0.2, 0.25) is 0 Å². The largest absolute Gasteiger partial charge is 0.512 e. The number of aromatic nitrogens is 1. The predicted octanol–water partition coefficient (Wildman–Crippen LogP) is 14.7. The molecule has 0 aliphatic heterocycles. The quantitative estimate of drug-likeness (QED) is 0.0940. The van der Waals surface area contributed by atoms with Crippen LogP contribution >= 0.6 is 11.3 Å². The van der Waals surface area contributed by atoms with Gasteiger partial charge in [0.05, 0.1) is 5.76 Å². The van der Waals surface area contributed by atoms with E-state index in [2.05, 4.69) is 115 Å². The van der Waals surface area contributed by atoms with Gasteiger partial charge in [-0.05, 0) is 88.8 Å². The molecule has 4 aromatic carbocycles. The number of allylic oxidation sites excluding steroid dienone is 2. The summed E-state index contributed by atoms with van der Waals surface area (Å²) in [6.45, 7) is 24.6. The number of rotatable bonds is 8. The first-order valence-electron chi connectivity index (χ1n) is 20.2. The van der Waals surface area contributed by atoms with Gasteiger partial charge in [-0.1, -0.05) is 124 Å². The van der Waals surface area contributed by atoms with Crippen molar-refractivity contribution in [2.75, 3.05) is 0 Å². The zero-order valence-corrected chi connectivity index (χ0v) is 38.1. The number of ketones is 1. The molecule has 0 spiro atoms. The number of pyridine rings is 1. The maximum Gasteiger partial charge on any atom is 0.162 e. The molecule has 0 fully saturated rings. The van der Waals surface area contributed by atoms with Gasteiger partial charge in [0.15, 0.2) is 5.78 Å². The third kappa shape index (κ3) is 8.37. The number of nitrogens with zero attached hydrogens (tertiary/aromatic N) is 1. The van der Waals surface area contributed by atoms with Crippen LogP contribution in [-0.4, -0.2) is 15.9 Å². The summed E-state index contributed by atoms with van der Waals surface area (Å²) in [4.78, 5) is 16.7. The summed E-state index contributed by atoms with van der Waals surface area (Å²) in [6.07, 6.45) is 9.33. The number of aliphatic hydroxyl groups is 1. The molecule has 6 aromatic rings. The van der Waals surface area contributed by atoms with Gasteiger partial charge in [-0.3, -0.25) is 9.78 Å². The van der Waals surface area contributed by atoms with Crippen molar-refractivity contribution in [2.45, 2.75) is 131 Å². The van der Waals surface area contributed by atoms with Gasteiger partial charge in [0.1, 0.15) is 0 Å². The molecule has 2 heterocycles. The zero-order chi connectivity index (χ0) is 39.2. The van der Waals surface area contributed by atoms with Crippen molar-refractivity contribution in [3.63, 3.8) is 0 Å². The van der Waals surface area contributed by atoms with Gasteiger partial charge in [0.2, 0.25) is 0 Å². The molecular weight excluding hydrogens is 871 g/mol. The molecule has 0 bridgehead atoms. The minimum absolute atomic E-state index is 0. The Morgan fingerprint density at radius 2 is 1.49 bits per heavy atom. The molecule has 2 aromatic heterocycles. The third-order valence-electron chi connectivity index (χ3n) is 12.2. The number of hydrogen-bond acceptors (Lipinski definition) is 4. The van der Waals surface area contributed by atoms with E-state index in [1.165, 1.54) is 66.4 Å². The second-order valence-corrected chi connectivity index (χ2v) is 18.9. The second-order valence-electron chi connectivity index (χ2n) is 17.9. The van der Waals surface area contributed by atoms with Gasteiger partial charge in [-0.2, -0.15) is 0 Å². The normalized spacial score (nSPS) is 15.3. The SMILES string of the molecule is CC(C)(C)c1cc(-c2nccc3cc4sc5c6c(ccc5c4cc23)C(C)(C)CCC6(C)C)[c-]c2ccccc12.CCC(CC)C(=O)/C=C(\O)C(CC)CC.[Ir]. The van der Waals surface area contributed by atoms with Crippen LogP contribution in [0.15, 0.2) is 78.7 Å². The fourth-order valence-electron chi connectivity index (χ4n) is 8.60. The van der Waals surface area contributed by atoms with Crippen LogP contribution in [0, 0.1) is 17.9 Å². The van der Waals surface area contributed by atoms with Gasteiger partial charge in [-0.25, -0.2) is 0 Å². The molecule has 0 amide bonds. The third-order valence-corrected chi connectivity index (χ3v) is 13.4. The van der Waals surface area contributed by atoms with Crippen molar-refractivity contribution in [1.29, 1.82) is 0 Å². The first-order valence-corrected chi connectivity index (χ1v) is 21.0. The van der Waals surface area contributed by atoms with E-state index < -0.39 is 0 Å². The van der Waals surface area contributed by atoms with Crippen LogP contribution in [0.1, 0.15) is 131 Å². The number of thiophene rings is 1. The molecule has 1 aliphatic carbocycles. The Kier molecular flexibility index (Phi) is 12.9. The molecule has 0 saturated heterocycles. The van der Waals surface area contributed by atoms with Crippen LogP contribution in [0.3, 0.4) is 0 Å². The van der Waals surface area contributed by atoms with Gasteiger partial charge >= 0.3 is 0 Å². The van der Waals surface area contributed by atoms with Crippen LogP contribution in [0.25, 0.3) is 53.0 Å². The molecule has 5 heteroatoms. The van der Waals surface area contributed by atoms with Gasteiger partial charge in [-0.15, -0.1) is 40.5 Å². The van der Waals surface area contributed by atoms with Crippen molar-refractivity contribution in [1.82, 2.24) is 4.98 Å². The van der Waals surface area contributed by atoms with E-state index in [0.717, 1.165) is 42.3 Å². The molecule has 0 unspecified atom stereocenters. The Morgan fingerprint density at radius 3 is 2.15 bits per heavy atom. The van der Waals surface area contributed by atoms with E-state index in [1.807, 2.05) is 45.2 Å². The first kappa shape index (κ1) is 42.8. The minimum atomic E-state index is 0. The van der Waals surface area contributed by atoms with Crippen LogP contribution < -0.4 is 0 Å². The topological polar surface area (TPSA) is 50.2 Å². The van der Waals surface area contributed by atoms with E-state index in [9.17, 15) is 9.90 Å². The number of benzene rings is 4. The number of fused-ring (bicyclic) bond motifs is 7. The fourth-order valence-corrected chi connectivity index (χ4v) is 10.1. The summed E-state index contributed by atoms with van der Waals surface area (Å²) in [5, 5.41) is 17.4. The monoisotopic (exact) mass is 931 g/mol. The molecule has 55 heavy (non-hydrogen) atoms. The molecule has 293 valence electrons. The van der Waals surface area contributed by atoms with Crippen LogP contribution in [0.5, 0.6) is 0 Å². The summed E-state index contributed by atoms with van der Waals surface area (Å²) in [5.74, 6) is 0.547. The fraction of sp³-hybridized carbons (Fsp3) is 0.440. The van der Waals surface area contributed by atoms with Crippen molar-refractivity contribution in [3.05, 3.63) is 101 Å².